The van der Waals surface area contributed by atoms with Gasteiger partial charge >= 0.3 is 0 Å². The van der Waals surface area contributed by atoms with Gasteiger partial charge in [0, 0.05) is 35.8 Å². The lowest BCUT2D eigenvalue weighted by molar-refractivity contribution is 0.102. The maximum atomic E-state index is 12.9. The van der Waals surface area contributed by atoms with Crippen molar-refractivity contribution in [2.75, 3.05) is 30.6 Å². The molecule has 1 aliphatic rings. The van der Waals surface area contributed by atoms with Gasteiger partial charge in [-0.3, -0.25) is 15.0 Å². The molecule has 0 atom stereocenters. The van der Waals surface area contributed by atoms with Crippen molar-refractivity contribution in [1.29, 1.82) is 0 Å². The van der Waals surface area contributed by atoms with Gasteiger partial charge in [0.05, 0.1) is 11.8 Å². The predicted octanol–water partition coefficient (Wildman–Crippen LogP) is 5.73. The number of nitrogens with zero attached hydrogens (tertiary/aromatic N) is 2. The number of hydrogen-bond donors (Lipinski definition) is 1. The fourth-order valence-corrected chi connectivity index (χ4v) is 5.82. The zero-order chi connectivity index (χ0) is 21.9. The Balaban J connectivity index is 1.38. The number of benzene rings is 3. The van der Waals surface area contributed by atoms with Crippen LogP contribution in [0.15, 0.2) is 66.7 Å². The van der Waals surface area contributed by atoms with E-state index < -0.39 is 0 Å². The lowest BCUT2D eigenvalue weighted by Gasteiger charge is -2.13. The molecule has 0 unspecified atom stereocenters. The molecule has 0 radical (unpaired) electrons. The van der Waals surface area contributed by atoms with Crippen LogP contribution in [0.3, 0.4) is 0 Å². The summed E-state index contributed by atoms with van der Waals surface area (Å²) in [5.41, 5.74) is 4.78. The first-order valence-corrected chi connectivity index (χ1v) is 12.4. The van der Waals surface area contributed by atoms with Crippen molar-refractivity contribution in [1.82, 2.24) is 9.88 Å². The second-order valence-electron chi connectivity index (χ2n) is 7.62. The monoisotopic (exact) mass is 461 g/mol. The Bertz CT molecular complexity index is 1230. The molecular formula is C25H23N3O2S2. The molecule has 32 heavy (non-hydrogen) atoms. The first kappa shape index (κ1) is 21.0. The first-order chi connectivity index (χ1) is 15.7. The summed E-state index contributed by atoms with van der Waals surface area (Å²) in [5.74, 6) is 2.81. The number of rotatable bonds is 6. The van der Waals surface area contributed by atoms with Crippen LogP contribution < -0.4 is 10.1 Å². The van der Waals surface area contributed by atoms with E-state index in [2.05, 4.69) is 27.3 Å². The standard InChI is InChI=1S/C25H23N3O2S2/c1-30-21-12-11-20(18-5-3-2-4-6-18)23-22(21)26-25(32-23)27-24(29)19-9-7-17(8-10-19)15-28-13-14-31-16-28/h2-12H,13-16H2,1H3,(H,26,27,29). The number of hydrogen-bond acceptors (Lipinski definition) is 6. The summed E-state index contributed by atoms with van der Waals surface area (Å²) >= 11 is 3.43. The number of aromatic nitrogens is 1. The van der Waals surface area contributed by atoms with Crippen LogP contribution in [0.25, 0.3) is 21.3 Å². The molecule has 1 amide bonds. The molecule has 0 bridgehead atoms. The molecule has 2 heterocycles. The molecule has 5 nitrogen and oxygen atoms in total. The minimum Gasteiger partial charge on any atom is -0.494 e. The second-order valence-corrected chi connectivity index (χ2v) is 9.69. The third-order valence-corrected chi connectivity index (χ3v) is 7.50. The summed E-state index contributed by atoms with van der Waals surface area (Å²) in [5, 5.41) is 3.53. The molecular weight excluding hydrogens is 438 g/mol. The van der Waals surface area contributed by atoms with Gasteiger partial charge in [-0.15, -0.1) is 11.8 Å². The topological polar surface area (TPSA) is 54.5 Å². The number of anilines is 1. The Morgan fingerprint density at radius 2 is 1.91 bits per heavy atom. The molecule has 1 aliphatic heterocycles. The van der Waals surface area contributed by atoms with Gasteiger partial charge in [0.1, 0.15) is 11.3 Å². The lowest BCUT2D eigenvalue weighted by Crippen LogP contribution is -2.18. The summed E-state index contributed by atoms with van der Waals surface area (Å²) in [7, 11) is 1.64. The Hall–Kier alpha value is -2.87. The van der Waals surface area contributed by atoms with Crippen molar-refractivity contribution >= 4 is 44.4 Å². The number of fused-ring (bicyclic) bond motifs is 1. The SMILES string of the molecule is COc1ccc(-c2ccccc2)c2sc(NC(=O)c3ccc(CN4CCSC4)cc3)nc12. The van der Waals surface area contributed by atoms with Crippen molar-refractivity contribution in [2.45, 2.75) is 6.54 Å². The summed E-state index contributed by atoms with van der Waals surface area (Å²) in [6.07, 6.45) is 0. The zero-order valence-electron chi connectivity index (χ0n) is 17.7. The van der Waals surface area contributed by atoms with E-state index in [0.717, 1.165) is 40.3 Å². The Kier molecular flexibility index (Phi) is 6.12. The lowest BCUT2D eigenvalue weighted by atomic mass is 10.1. The molecule has 4 aromatic rings. The van der Waals surface area contributed by atoms with E-state index in [1.165, 1.54) is 22.7 Å². The summed E-state index contributed by atoms with van der Waals surface area (Å²) in [6, 6.07) is 22.0. The maximum Gasteiger partial charge on any atom is 0.257 e. The van der Waals surface area contributed by atoms with Crippen molar-refractivity contribution in [3.63, 3.8) is 0 Å². The van der Waals surface area contributed by atoms with Gasteiger partial charge < -0.3 is 4.74 Å². The van der Waals surface area contributed by atoms with E-state index in [4.69, 9.17) is 4.74 Å². The number of nitrogens with one attached hydrogen (secondary N) is 1. The van der Waals surface area contributed by atoms with Crippen LogP contribution in [0, 0.1) is 0 Å². The van der Waals surface area contributed by atoms with Crippen molar-refractivity contribution < 1.29 is 9.53 Å². The molecule has 1 fully saturated rings. The van der Waals surface area contributed by atoms with Crippen LogP contribution >= 0.6 is 23.1 Å². The normalized spacial score (nSPS) is 14.0. The van der Waals surface area contributed by atoms with Gasteiger partial charge in [-0.1, -0.05) is 53.8 Å². The molecule has 0 aliphatic carbocycles. The average Bonchev–Trinajstić information content (AvgIpc) is 3.49. The van der Waals surface area contributed by atoms with Crippen LogP contribution in [0.2, 0.25) is 0 Å². The number of methoxy groups -OCH3 is 1. The minimum absolute atomic E-state index is 0.160. The van der Waals surface area contributed by atoms with Gasteiger partial charge in [0.15, 0.2) is 5.13 Å². The Morgan fingerprint density at radius 3 is 2.62 bits per heavy atom. The highest BCUT2D eigenvalue weighted by Crippen LogP contribution is 2.39. The number of thiazole rings is 1. The van der Waals surface area contributed by atoms with E-state index in [0.29, 0.717) is 16.4 Å². The van der Waals surface area contributed by atoms with Gasteiger partial charge in [-0.25, -0.2) is 4.98 Å². The molecule has 1 saturated heterocycles. The number of ether oxygens (including phenoxy) is 1. The molecule has 162 valence electrons. The molecule has 1 aromatic heterocycles. The van der Waals surface area contributed by atoms with Crippen LogP contribution in [-0.2, 0) is 6.54 Å². The number of carbonyl (C=O) groups excluding carboxylic acids is 1. The van der Waals surface area contributed by atoms with Crippen molar-refractivity contribution in [3.05, 3.63) is 77.9 Å². The minimum atomic E-state index is -0.160. The van der Waals surface area contributed by atoms with Gasteiger partial charge in [-0.05, 0) is 35.4 Å². The average molecular weight is 462 g/mol. The molecule has 1 N–H and O–H groups in total. The second kappa shape index (κ2) is 9.32. The highest BCUT2D eigenvalue weighted by Gasteiger charge is 2.17. The van der Waals surface area contributed by atoms with E-state index in [-0.39, 0.29) is 5.91 Å². The molecule has 0 saturated carbocycles. The number of amides is 1. The summed E-state index contributed by atoms with van der Waals surface area (Å²) in [4.78, 5) is 20.0. The van der Waals surface area contributed by atoms with Crippen molar-refractivity contribution in [2.24, 2.45) is 0 Å². The number of carbonyl (C=O) groups is 1. The van der Waals surface area contributed by atoms with Crippen LogP contribution in [-0.4, -0.2) is 41.1 Å². The zero-order valence-corrected chi connectivity index (χ0v) is 19.3. The smallest absolute Gasteiger partial charge is 0.257 e. The molecule has 7 heteroatoms. The quantitative estimate of drug-likeness (QED) is 0.397. The number of thioether (sulfide) groups is 1. The maximum absolute atomic E-state index is 12.9. The fraction of sp³-hybridized carbons (Fsp3) is 0.200. The third kappa shape index (κ3) is 4.37. The van der Waals surface area contributed by atoms with Gasteiger partial charge in [0.2, 0.25) is 0 Å². The highest BCUT2D eigenvalue weighted by molar-refractivity contribution is 7.99. The molecule has 3 aromatic carbocycles. The molecule has 0 spiro atoms. The Labute approximate surface area is 195 Å². The summed E-state index contributed by atoms with van der Waals surface area (Å²) < 4.78 is 6.51. The highest BCUT2D eigenvalue weighted by atomic mass is 32.2. The van der Waals surface area contributed by atoms with Crippen LogP contribution in [0.1, 0.15) is 15.9 Å². The van der Waals surface area contributed by atoms with Gasteiger partial charge in [0.25, 0.3) is 5.91 Å². The van der Waals surface area contributed by atoms with Crippen molar-refractivity contribution in [3.8, 4) is 16.9 Å². The van der Waals surface area contributed by atoms with Gasteiger partial charge in [-0.2, -0.15) is 0 Å². The van der Waals surface area contributed by atoms with E-state index in [1.54, 1.807) is 7.11 Å². The van der Waals surface area contributed by atoms with Crippen LogP contribution in [0.4, 0.5) is 5.13 Å². The van der Waals surface area contributed by atoms with E-state index >= 15 is 0 Å². The summed E-state index contributed by atoms with van der Waals surface area (Å²) in [6.45, 7) is 2.05. The first-order valence-electron chi connectivity index (χ1n) is 10.4. The van der Waals surface area contributed by atoms with Crippen LogP contribution in [0.5, 0.6) is 5.75 Å². The van der Waals surface area contributed by atoms with E-state index in [9.17, 15) is 4.79 Å². The fourth-order valence-electron chi connectivity index (χ4n) is 3.81. The molecule has 5 rings (SSSR count). The third-order valence-electron chi connectivity index (χ3n) is 5.48. The van der Waals surface area contributed by atoms with E-state index in [1.807, 2.05) is 66.4 Å². The largest absolute Gasteiger partial charge is 0.494 e. The Morgan fingerprint density at radius 1 is 1.09 bits per heavy atom. The predicted molar refractivity (Wildman–Crippen MR) is 134 cm³/mol.